The van der Waals surface area contributed by atoms with Gasteiger partial charge in [0.15, 0.2) is 0 Å². The first-order valence-electron chi connectivity index (χ1n) is 6.14. The second-order valence-electron chi connectivity index (χ2n) is 4.22. The minimum atomic E-state index is -4.19. The molecule has 0 saturated carbocycles. The van der Waals surface area contributed by atoms with Gasteiger partial charge >= 0.3 is 6.18 Å². The van der Waals surface area contributed by atoms with E-state index >= 15 is 0 Å². The number of nitrogens with two attached hydrogens (primary N) is 1. The summed E-state index contributed by atoms with van der Waals surface area (Å²) in [4.78, 5) is 11.5. The Bertz CT molecular complexity index is 436. The Morgan fingerprint density at radius 1 is 1.35 bits per heavy atom. The van der Waals surface area contributed by atoms with Crippen LogP contribution >= 0.6 is 0 Å². The molecule has 0 bridgehead atoms. The maximum Gasteiger partial charge on any atom is 0.389 e. The lowest BCUT2D eigenvalue weighted by Crippen LogP contribution is -2.19. The van der Waals surface area contributed by atoms with Gasteiger partial charge < -0.3 is 15.8 Å². The van der Waals surface area contributed by atoms with Crippen LogP contribution in [0.3, 0.4) is 0 Å². The number of rotatable bonds is 7. The number of carbonyl (C=O) groups is 1. The maximum atomic E-state index is 11.9. The number of halogens is 3. The molecule has 0 heterocycles. The van der Waals surface area contributed by atoms with Crippen molar-refractivity contribution in [3.63, 3.8) is 0 Å². The van der Waals surface area contributed by atoms with Crippen molar-refractivity contribution in [1.29, 1.82) is 0 Å². The van der Waals surface area contributed by atoms with Crippen LogP contribution < -0.4 is 11.1 Å². The van der Waals surface area contributed by atoms with E-state index in [9.17, 15) is 18.0 Å². The number of hydrogen-bond acceptors (Lipinski definition) is 3. The predicted molar refractivity (Wildman–Crippen MR) is 69.1 cm³/mol. The van der Waals surface area contributed by atoms with Crippen LogP contribution in [0.4, 0.5) is 18.9 Å². The second kappa shape index (κ2) is 7.86. The lowest BCUT2D eigenvalue weighted by atomic mass is 10.2. The smallest absolute Gasteiger partial charge is 0.372 e. The fourth-order valence-corrected chi connectivity index (χ4v) is 1.51. The molecule has 1 aromatic carbocycles. The van der Waals surface area contributed by atoms with Crippen molar-refractivity contribution in [2.45, 2.75) is 25.6 Å². The molecule has 3 N–H and O–H groups in total. The lowest BCUT2D eigenvalue weighted by molar-refractivity contribution is -0.138. The molecule has 0 radical (unpaired) electrons. The van der Waals surface area contributed by atoms with E-state index in [2.05, 4.69) is 5.32 Å². The van der Waals surface area contributed by atoms with E-state index in [4.69, 9.17) is 10.5 Å². The summed E-state index contributed by atoms with van der Waals surface area (Å²) in [7, 11) is 0. The largest absolute Gasteiger partial charge is 0.389 e. The van der Waals surface area contributed by atoms with E-state index in [1.165, 1.54) is 0 Å². The molecule has 0 aliphatic rings. The predicted octanol–water partition coefficient (Wildman–Crippen LogP) is 2.44. The number of carbonyl (C=O) groups excluding carboxylic acids is 1. The SMILES string of the molecule is NCc1cccc(NC(=O)COCCCC(F)(F)F)c1. The molecule has 20 heavy (non-hydrogen) atoms. The third-order valence-electron chi connectivity index (χ3n) is 2.43. The van der Waals surface area contributed by atoms with Gasteiger partial charge in [0.1, 0.15) is 6.61 Å². The summed E-state index contributed by atoms with van der Waals surface area (Å²) >= 11 is 0. The van der Waals surface area contributed by atoms with Gasteiger partial charge in [-0.2, -0.15) is 13.2 Å². The Kier molecular flexibility index (Phi) is 6.47. The van der Waals surface area contributed by atoms with Crippen LogP contribution in [-0.2, 0) is 16.1 Å². The molecule has 0 unspecified atom stereocenters. The molecule has 0 saturated heterocycles. The molecular formula is C13H17F3N2O2. The summed E-state index contributed by atoms with van der Waals surface area (Å²) in [6.07, 6.45) is -5.25. The van der Waals surface area contributed by atoms with Crippen molar-refractivity contribution in [2.75, 3.05) is 18.5 Å². The summed E-state index contributed by atoms with van der Waals surface area (Å²) in [6, 6.07) is 6.99. The number of amides is 1. The van der Waals surface area contributed by atoms with Crippen molar-refractivity contribution >= 4 is 11.6 Å². The van der Waals surface area contributed by atoms with Gasteiger partial charge in [0.2, 0.25) is 5.91 Å². The van der Waals surface area contributed by atoms with Gasteiger partial charge in [-0.05, 0) is 24.1 Å². The quantitative estimate of drug-likeness (QED) is 0.758. The van der Waals surface area contributed by atoms with Crippen LogP contribution in [0.2, 0.25) is 0 Å². The molecule has 0 aliphatic carbocycles. The molecule has 112 valence electrons. The third-order valence-corrected chi connectivity index (χ3v) is 2.43. The van der Waals surface area contributed by atoms with Crippen molar-refractivity contribution in [1.82, 2.24) is 0 Å². The number of nitrogens with one attached hydrogen (secondary N) is 1. The Morgan fingerprint density at radius 3 is 2.75 bits per heavy atom. The molecule has 1 aromatic rings. The summed E-state index contributed by atoms with van der Waals surface area (Å²) in [6.45, 7) is -0.0157. The average molecular weight is 290 g/mol. The highest BCUT2D eigenvalue weighted by molar-refractivity contribution is 5.91. The van der Waals surface area contributed by atoms with Gasteiger partial charge in [0, 0.05) is 25.3 Å². The highest BCUT2D eigenvalue weighted by Crippen LogP contribution is 2.20. The number of benzene rings is 1. The molecule has 0 spiro atoms. The number of anilines is 1. The second-order valence-corrected chi connectivity index (χ2v) is 4.22. The first-order chi connectivity index (χ1) is 9.40. The molecule has 1 amide bonds. The molecular weight excluding hydrogens is 273 g/mol. The molecule has 0 aliphatic heterocycles. The summed E-state index contributed by atoms with van der Waals surface area (Å²) < 4.78 is 40.4. The van der Waals surface area contributed by atoms with Crippen LogP contribution in [0.25, 0.3) is 0 Å². The Balaban J connectivity index is 2.23. The lowest BCUT2D eigenvalue weighted by Gasteiger charge is -2.08. The Labute approximate surface area is 115 Å². The molecule has 0 atom stereocenters. The van der Waals surface area contributed by atoms with Gasteiger partial charge in [-0.3, -0.25) is 4.79 Å². The van der Waals surface area contributed by atoms with Gasteiger partial charge in [0.25, 0.3) is 0 Å². The fraction of sp³-hybridized carbons (Fsp3) is 0.462. The van der Waals surface area contributed by atoms with Crippen LogP contribution in [0.5, 0.6) is 0 Å². The number of alkyl halides is 3. The monoisotopic (exact) mass is 290 g/mol. The standard InChI is InChI=1S/C13H17F3N2O2/c14-13(15,16)5-2-6-20-9-12(19)18-11-4-1-3-10(7-11)8-17/h1,3-4,7H,2,5-6,8-9,17H2,(H,18,19). The van der Waals surface area contributed by atoms with Crippen molar-refractivity contribution in [2.24, 2.45) is 5.73 Å². The average Bonchev–Trinajstić information content (AvgIpc) is 2.37. The van der Waals surface area contributed by atoms with Crippen molar-refractivity contribution in [3.05, 3.63) is 29.8 Å². The molecule has 0 aromatic heterocycles. The highest BCUT2D eigenvalue weighted by atomic mass is 19.4. The Hall–Kier alpha value is -1.60. The zero-order valence-corrected chi connectivity index (χ0v) is 10.9. The molecule has 4 nitrogen and oxygen atoms in total. The maximum absolute atomic E-state index is 11.9. The highest BCUT2D eigenvalue weighted by Gasteiger charge is 2.25. The van der Waals surface area contributed by atoms with Crippen LogP contribution in [-0.4, -0.2) is 25.3 Å². The van der Waals surface area contributed by atoms with E-state index in [1.807, 2.05) is 6.07 Å². The molecule has 7 heteroatoms. The van der Waals surface area contributed by atoms with E-state index in [0.717, 1.165) is 5.56 Å². The summed E-state index contributed by atoms with van der Waals surface area (Å²) in [5.74, 6) is -0.411. The zero-order chi connectivity index (χ0) is 15.0. The number of hydrogen-bond donors (Lipinski definition) is 2. The normalized spacial score (nSPS) is 11.4. The van der Waals surface area contributed by atoms with Crippen molar-refractivity contribution < 1.29 is 22.7 Å². The molecule has 0 fully saturated rings. The molecule has 1 rings (SSSR count). The minimum absolute atomic E-state index is 0.101. The number of ether oxygens (including phenoxy) is 1. The van der Waals surface area contributed by atoms with Crippen LogP contribution in [0.15, 0.2) is 24.3 Å². The van der Waals surface area contributed by atoms with Gasteiger partial charge in [-0.1, -0.05) is 12.1 Å². The van der Waals surface area contributed by atoms with E-state index in [1.54, 1.807) is 18.2 Å². The van der Waals surface area contributed by atoms with Crippen molar-refractivity contribution in [3.8, 4) is 0 Å². The van der Waals surface area contributed by atoms with Gasteiger partial charge in [-0.15, -0.1) is 0 Å². The zero-order valence-electron chi connectivity index (χ0n) is 10.9. The van der Waals surface area contributed by atoms with Crippen LogP contribution in [0, 0.1) is 0 Å². The fourth-order valence-electron chi connectivity index (χ4n) is 1.51. The summed E-state index contributed by atoms with van der Waals surface area (Å²) in [5.41, 5.74) is 6.92. The topological polar surface area (TPSA) is 64.3 Å². The first-order valence-corrected chi connectivity index (χ1v) is 6.14. The Morgan fingerprint density at radius 2 is 2.10 bits per heavy atom. The van der Waals surface area contributed by atoms with Crippen LogP contribution in [0.1, 0.15) is 18.4 Å². The third kappa shape index (κ3) is 7.10. The van der Waals surface area contributed by atoms with Gasteiger partial charge in [-0.25, -0.2) is 0 Å². The van der Waals surface area contributed by atoms with E-state index in [0.29, 0.717) is 12.2 Å². The minimum Gasteiger partial charge on any atom is -0.372 e. The summed E-state index contributed by atoms with van der Waals surface area (Å²) in [5, 5.41) is 2.58. The first kappa shape index (κ1) is 16.5. The van der Waals surface area contributed by atoms with E-state index in [-0.39, 0.29) is 19.6 Å². The van der Waals surface area contributed by atoms with Gasteiger partial charge in [0.05, 0.1) is 0 Å². The van der Waals surface area contributed by atoms with E-state index < -0.39 is 18.5 Å².